The molecule has 0 amide bonds. The highest BCUT2D eigenvalue weighted by molar-refractivity contribution is 5.47. The van der Waals surface area contributed by atoms with E-state index in [0.29, 0.717) is 6.42 Å². The number of benzene rings is 1. The second-order valence-corrected chi connectivity index (χ2v) is 4.38. The van der Waals surface area contributed by atoms with Crippen LogP contribution in [0.5, 0.6) is 0 Å². The Labute approximate surface area is 104 Å². The predicted molar refractivity (Wildman–Crippen MR) is 63.5 cm³/mol. The van der Waals surface area contributed by atoms with Gasteiger partial charge in [0.15, 0.2) is 23.3 Å². The van der Waals surface area contributed by atoms with Crippen LogP contribution in [0, 0.1) is 23.3 Å². The van der Waals surface area contributed by atoms with Gasteiger partial charge in [-0.15, -0.1) is 0 Å². The van der Waals surface area contributed by atoms with E-state index in [9.17, 15) is 17.6 Å². The summed E-state index contributed by atoms with van der Waals surface area (Å²) in [4.78, 5) is 0. The number of anilines is 1. The number of hydrogen-bond donors (Lipinski definition) is 1. The van der Waals surface area contributed by atoms with Gasteiger partial charge in [-0.25, -0.2) is 17.6 Å². The van der Waals surface area contributed by atoms with E-state index >= 15 is 0 Å². The summed E-state index contributed by atoms with van der Waals surface area (Å²) in [6, 6.07) is -0.0424. The molecule has 0 aliphatic heterocycles. The summed E-state index contributed by atoms with van der Waals surface area (Å²) < 4.78 is 52.6. The second kappa shape index (κ2) is 6.61. The molecule has 5 heteroatoms. The summed E-state index contributed by atoms with van der Waals surface area (Å²) in [6.07, 6.45) is 3.62. The number of hydrogen-bond acceptors (Lipinski definition) is 1. The highest BCUT2D eigenvalue weighted by Gasteiger charge is 2.20. The molecule has 1 aromatic carbocycles. The first-order chi connectivity index (χ1) is 8.47. The summed E-state index contributed by atoms with van der Waals surface area (Å²) in [6.45, 7) is 3.76. The van der Waals surface area contributed by atoms with Gasteiger partial charge >= 0.3 is 0 Å². The first kappa shape index (κ1) is 14.8. The SMILES string of the molecule is CCCCCC(C)Nc1c(F)c(F)cc(F)c1F. The van der Waals surface area contributed by atoms with Crippen molar-refractivity contribution in [2.45, 2.75) is 45.6 Å². The lowest BCUT2D eigenvalue weighted by molar-refractivity contribution is 0.455. The molecule has 1 rings (SSSR count). The number of unbranched alkanes of at least 4 members (excludes halogenated alkanes) is 2. The van der Waals surface area contributed by atoms with E-state index in [1.807, 2.05) is 6.92 Å². The van der Waals surface area contributed by atoms with Crippen molar-refractivity contribution in [3.8, 4) is 0 Å². The Balaban J connectivity index is 2.77. The highest BCUT2D eigenvalue weighted by atomic mass is 19.2. The van der Waals surface area contributed by atoms with Crippen molar-refractivity contribution >= 4 is 5.69 Å². The summed E-state index contributed by atoms with van der Waals surface area (Å²) in [5.74, 6) is -5.54. The summed E-state index contributed by atoms with van der Waals surface area (Å²) in [5, 5.41) is 2.49. The molecular weight excluding hydrogens is 246 g/mol. The Hall–Kier alpha value is -1.26. The van der Waals surface area contributed by atoms with E-state index in [2.05, 4.69) is 5.32 Å². The molecule has 1 atom stereocenters. The van der Waals surface area contributed by atoms with E-state index in [1.54, 1.807) is 6.92 Å². The fourth-order valence-corrected chi connectivity index (χ4v) is 1.72. The normalized spacial score (nSPS) is 12.6. The van der Waals surface area contributed by atoms with E-state index in [-0.39, 0.29) is 12.1 Å². The number of rotatable bonds is 6. The zero-order valence-corrected chi connectivity index (χ0v) is 10.5. The minimum absolute atomic E-state index is 0.206. The van der Waals surface area contributed by atoms with E-state index in [0.717, 1.165) is 19.3 Å². The van der Waals surface area contributed by atoms with E-state index < -0.39 is 29.0 Å². The second-order valence-electron chi connectivity index (χ2n) is 4.38. The molecular formula is C13H17F4N. The molecule has 0 radical (unpaired) electrons. The first-order valence-electron chi connectivity index (χ1n) is 6.06. The van der Waals surface area contributed by atoms with Crippen molar-refractivity contribution in [3.05, 3.63) is 29.3 Å². The third-order valence-electron chi connectivity index (χ3n) is 2.74. The van der Waals surface area contributed by atoms with Gasteiger partial charge in [-0.05, 0) is 13.3 Å². The van der Waals surface area contributed by atoms with Crippen molar-refractivity contribution in [2.75, 3.05) is 5.32 Å². The van der Waals surface area contributed by atoms with E-state index in [4.69, 9.17) is 0 Å². The molecule has 0 saturated heterocycles. The van der Waals surface area contributed by atoms with Crippen LogP contribution in [0.15, 0.2) is 6.07 Å². The Kier molecular flexibility index (Phi) is 5.44. The molecule has 1 nitrogen and oxygen atoms in total. The minimum Gasteiger partial charge on any atom is -0.378 e. The molecule has 0 bridgehead atoms. The number of halogens is 4. The van der Waals surface area contributed by atoms with Crippen LogP contribution in [0.3, 0.4) is 0 Å². The van der Waals surface area contributed by atoms with Gasteiger partial charge in [-0.1, -0.05) is 26.2 Å². The van der Waals surface area contributed by atoms with Crippen LogP contribution in [0.25, 0.3) is 0 Å². The van der Waals surface area contributed by atoms with Crippen LogP contribution in [0.1, 0.15) is 39.5 Å². The van der Waals surface area contributed by atoms with Gasteiger partial charge in [-0.3, -0.25) is 0 Å². The molecule has 0 aliphatic carbocycles. The minimum atomic E-state index is -1.39. The van der Waals surface area contributed by atoms with E-state index in [1.165, 1.54) is 0 Å². The number of nitrogens with one attached hydrogen (secondary N) is 1. The largest absolute Gasteiger partial charge is 0.378 e. The summed E-state index contributed by atoms with van der Waals surface area (Å²) in [7, 11) is 0. The maximum Gasteiger partial charge on any atom is 0.185 e. The van der Waals surface area contributed by atoms with Gasteiger partial charge in [-0.2, -0.15) is 0 Å². The van der Waals surface area contributed by atoms with Gasteiger partial charge < -0.3 is 5.32 Å². The maximum absolute atomic E-state index is 13.3. The van der Waals surface area contributed by atoms with Gasteiger partial charge in [0.25, 0.3) is 0 Å². The summed E-state index contributed by atoms with van der Waals surface area (Å²) in [5.41, 5.74) is -0.725. The molecule has 1 N–H and O–H groups in total. The predicted octanol–water partition coefficient (Wildman–Crippen LogP) is 4.62. The third kappa shape index (κ3) is 3.62. The molecule has 102 valence electrons. The molecule has 0 aliphatic rings. The van der Waals surface area contributed by atoms with Crippen molar-refractivity contribution in [2.24, 2.45) is 0 Å². The van der Waals surface area contributed by atoms with Crippen molar-refractivity contribution in [3.63, 3.8) is 0 Å². The molecule has 0 saturated carbocycles. The quantitative estimate of drug-likeness (QED) is 0.448. The fourth-order valence-electron chi connectivity index (χ4n) is 1.72. The topological polar surface area (TPSA) is 12.0 Å². The molecule has 0 aromatic heterocycles. The van der Waals surface area contributed by atoms with Crippen LogP contribution >= 0.6 is 0 Å². The lowest BCUT2D eigenvalue weighted by Crippen LogP contribution is -2.18. The Morgan fingerprint density at radius 1 is 1.06 bits per heavy atom. The molecule has 0 fully saturated rings. The zero-order valence-electron chi connectivity index (χ0n) is 10.5. The maximum atomic E-state index is 13.3. The Morgan fingerprint density at radius 3 is 2.11 bits per heavy atom. The zero-order chi connectivity index (χ0) is 13.7. The van der Waals surface area contributed by atoms with Gasteiger partial charge in [0.1, 0.15) is 5.69 Å². The fraction of sp³-hybridized carbons (Fsp3) is 0.538. The lowest BCUT2D eigenvalue weighted by atomic mass is 10.1. The average molecular weight is 263 g/mol. The monoisotopic (exact) mass is 263 g/mol. The molecule has 0 heterocycles. The smallest absolute Gasteiger partial charge is 0.185 e. The van der Waals surface area contributed by atoms with Crippen molar-refractivity contribution in [1.82, 2.24) is 0 Å². The van der Waals surface area contributed by atoms with Crippen LogP contribution < -0.4 is 5.32 Å². The van der Waals surface area contributed by atoms with Crippen LogP contribution in [-0.2, 0) is 0 Å². The molecule has 18 heavy (non-hydrogen) atoms. The Morgan fingerprint density at radius 2 is 1.61 bits per heavy atom. The molecule has 1 aromatic rings. The first-order valence-corrected chi connectivity index (χ1v) is 6.06. The van der Waals surface area contributed by atoms with Crippen LogP contribution in [-0.4, -0.2) is 6.04 Å². The highest BCUT2D eigenvalue weighted by Crippen LogP contribution is 2.25. The molecule has 0 spiro atoms. The van der Waals surface area contributed by atoms with Gasteiger partial charge in [0.2, 0.25) is 0 Å². The Bertz CT molecular complexity index is 380. The third-order valence-corrected chi connectivity index (χ3v) is 2.74. The van der Waals surface area contributed by atoms with Crippen LogP contribution in [0.4, 0.5) is 23.2 Å². The average Bonchev–Trinajstić information content (AvgIpc) is 2.32. The van der Waals surface area contributed by atoms with Crippen molar-refractivity contribution in [1.29, 1.82) is 0 Å². The van der Waals surface area contributed by atoms with Gasteiger partial charge in [0, 0.05) is 12.1 Å². The van der Waals surface area contributed by atoms with Crippen LogP contribution in [0.2, 0.25) is 0 Å². The van der Waals surface area contributed by atoms with Crippen molar-refractivity contribution < 1.29 is 17.6 Å². The standard InChI is InChI=1S/C13H17F4N/c1-3-4-5-6-8(2)18-13-11(16)9(14)7-10(15)12(13)17/h7-8,18H,3-6H2,1-2H3. The molecule has 1 unspecified atom stereocenters. The summed E-state index contributed by atoms with van der Waals surface area (Å²) >= 11 is 0. The lowest BCUT2D eigenvalue weighted by Gasteiger charge is -2.16. The van der Waals surface area contributed by atoms with Gasteiger partial charge in [0.05, 0.1) is 0 Å².